The van der Waals surface area contributed by atoms with E-state index in [2.05, 4.69) is 25.7 Å². The van der Waals surface area contributed by atoms with Crippen molar-refractivity contribution >= 4 is 15.9 Å². The zero-order valence-electron chi connectivity index (χ0n) is 5.35. The first-order chi connectivity index (χ1) is 5.24. The molecule has 60 valence electrons. The molecule has 0 aliphatic heterocycles. The predicted molar refractivity (Wildman–Crippen MR) is 38.5 cm³/mol. The summed E-state index contributed by atoms with van der Waals surface area (Å²) >= 11 is 3.00. The van der Waals surface area contributed by atoms with Crippen molar-refractivity contribution in [3.63, 3.8) is 0 Å². The third-order valence-electron chi connectivity index (χ3n) is 0.965. The van der Waals surface area contributed by atoms with Gasteiger partial charge in [-0.3, -0.25) is 0 Å². The topological polar surface area (TPSA) is 22.1 Å². The Morgan fingerprint density at radius 1 is 1.64 bits per heavy atom. The molecule has 11 heavy (non-hydrogen) atoms. The summed E-state index contributed by atoms with van der Waals surface area (Å²) in [5.41, 5.74) is 0. The number of aromatic nitrogens is 1. The molecule has 0 bridgehead atoms. The molecule has 0 spiro atoms. The lowest BCUT2D eigenvalue weighted by molar-refractivity contribution is 0.176. The Balaban J connectivity index is 2.90. The number of pyridine rings is 1. The summed E-state index contributed by atoms with van der Waals surface area (Å²) in [4.78, 5) is 3.48. The molecule has 0 aliphatic rings. The molecule has 0 fully saturated rings. The van der Waals surface area contributed by atoms with Crippen molar-refractivity contribution in [3.05, 3.63) is 22.6 Å². The normalized spacial score (nSPS) is 9.73. The fourth-order valence-corrected chi connectivity index (χ4v) is 0.863. The number of alkyl halides is 1. The van der Waals surface area contributed by atoms with Crippen molar-refractivity contribution in [1.29, 1.82) is 0 Å². The average molecular weight is 224 g/mol. The minimum absolute atomic E-state index is 0.323. The van der Waals surface area contributed by atoms with Crippen LogP contribution < -0.4 is 4.74 Å². The van der Waals surface area contributed by atoms with E-state index in [9.17, 15) is 8.78 Å². The number of hydrogen-bond donors (Lipinski definition) is 0. The number of rotatable bonds is 2. The number of nitrogens with zero attached hydrogens (tertiary/aromatic N) is 1. The molecule has 0 N–H and O–H groups in total. The molecule has 1 aromatic rings. The molecule has 0 radical (unpaired) electrons. The highest BCUT2D eigenvalue weighted by Gasteiger charge is 2.04. The van der Waals surface area contributed by atoms with Crippen LogP contribution in [0.3, 0.4) is 0 Å². The van der Waals surface area contributed by atoms with Gasteiger partial charge >= 0.3 is 0 Å². The maximum absolute atomic E-state index is 12.7. The van der Waals surface area contributed by atoms with E-state index in [1.807, 2.05) is 0 Å². The summed E-state index contributed by atoms with van der Waals surface area (Å²) < 4.78 is 28.9. The zero-order valence-corrected chi connectivity index (χ0v) is 6.94. The summed E-state index contributed by atoms with van der Waals surface area (Å²) in [7, 11) is 0. The highest BCUT2D eigenvalue weighted by Crippen LogP contribution is 2.17. The summed E-state index contributed by atoms with van der Waals surface area (Å²) in [6.07, 6.45) is 1.33. The van der Waals surface area contributed by atoms with Crippen molar-refractivity contribution in [2.45, 2.75) is 0 Å². The van der Waals surface area contributed by atoms with Crippen LogP contribution in [0.25, 0.3) is 0 Å². The molecule has 1 rings (SSSR count). The van der Waals surface area contributed by atoms with Crippen molar-refractivity contribution in [3.8, 4) is 5.88 Å². The SMILES string of the molecule is FCOc1ncc(Br)cc1F. The standard InChI is InChI=1S/C6H4BrF2NO/c7-4-1-5(9)6(10-2-4)11-3-8/h1-2H,3H2. The Labute approximate surface area is 70.3 Å². The van der Waals surface area contributed by atoms with Crippen LogP contribution in [0.4, 0.5) is 8.78 Å². The molecular weight excluding hydrogens is 220 g/mol. The number of ether oxygens (including phenoxy) is 1. The lowest BCUT2D eigenvalue weighted by Crippen LogP contribution is -1.95. The molecule has 0 amide bonds. The van der Waals surface area contributed by atoms with Crippen LogP contribution >= 0.6 is 15.9 Å². The molecule has 0 aromatic carbocycles. The Kier molecular flexibility index (Phi) is 2.76. The molecule has 0 saturated heterocycles. The second-order valence-corrected chi connectivity index (χ2v) is 2.61. The minimum atomic E-state index is -1.08. The van der Waals surface area contributed by atoms with Crippen LogP contribution in [0.2, 0.25) is 0 Å². The average Bonchev–Trinajstić information content (AvgIpc) is 1.95. The molecular formula is C6H4BrF2NO. The maximum atomic E-state index is 12.7. The predicted octanol–water partition coefficient (Wildman–Crippen LogP) is 2.29. The fourth-order valence-electron chi connectivity index (χ4n) is 0.560. The van der Waals surface area contributed by atoms with Gasteiger partial charge in [-0.1, -0.05) is 0 Å². The largest absolute Gasteiger partial charge is 0.444 e. The first-order valence-corrected chi connectivity index (χ1v) is 3.53. The molecule has 0 unspecified atom stereocenters. The second kappa shape index (κ2) is 3.61. The van der Waals surface area contributed by atoms with Crippen LogP contribution in [0, 0.1) is 5.82 Å². The van der Waals surface area contributed by atoms with Gasteiger partial charge in [0.1, 0.15) is 0 Å². The lowest BCUT2D eigenvalue weighted by atomic mass is 10.5. The van der Waals surface area contributed by atoms with E-state index in [1.165, 1.54) is 6.20 Å². The minimum Gasteiger partial charge on any atom is -0.444 e. The van der Waals surface area contributed by atoms with E-state index in [0.717, 1.165) is 6.07 Å². The molecule has 1 heterocycles. The molecule has 5 heteroatoms. The molecule has 1 aromatic heterocycles. The van der Waals surface area contributed by atoms with Crippen LogP contribution in [0.5, 0.6) is 5.88 Å². The van der Waals surface area contributed by atoms with Crippen LogP contribution in [0.15, 0.2) is 16.7 Å². The van der Waals surface area contributed by atoms with Gasteiger partial charge < -0.3 is 4.74 Å². The van der Waals surface area contributed by atoms with Gasteiger partial charge in [-0.2, -0.15) is 0 Å². The second-order valence-electron chi connectivity index (χ2n) is 1.69. The van der Waals surface area contributed by atoms with E-state index in [0.29, 0.717) is 4.47 Å². The van der Waals surface area contributed by atoms with Gasteiger partial charge in [0.2, 0.25) is 6.86 Å². The maximum Gasteiger partial charge on any atom is 0.252 e. The van der Waals surface area contributed by atoms with E-state index < -0.39 is 12.7 Å². The number of hydrogen-bond acceptors (Lipinski definition) is 2. The van der Waals surface area contributed by atoms with Gasteiger partial charge in [-0.05, 0) is 22.0 Å². The zero-order chi connectivity index (χ0) is 8.27. The van der Waals surface area contributed by atoms with E-state index in [4.69, 9.17) is 0 Å². The summed E-state index contributed by atoms with van der Waals surface area (Å²) in [5.74, 6) is -1.01. The van der Waals surface area contributed by atoms with Crippen molar-refractivity contribution in [2.75, 3.05) is 6.86 Å². The highest BCUT2D eigenvalue weighted by atomic mass is 79.9. The molecule has 0 aliphatic carbocycles. The van der Waals surface area contributed by atoms with E-state index in [1.54, 1.807) is 0 Å². The van der Waals surface area contributed by atoms with Crippen LogP contribution in [-0.2, 0) is 0 Å². The van der Waals surface area contributed by atoms with Crippen LogP contribution in [0.1, 0.15) is 0 Å². The lowest BCUT2D eigenvalue weighted by Gasteiger charge is -2.00. The third kappa shape index (κ3) is 2.11. The van der Waals surface area contributed by atoms with Gasteiger partial charge in [-0.25, -0.2) is 13.8 Å². The Morgan fingerprint density at radius 3 is 2.91 bits per heavy atom. The summed E-state index contributed by atoms with van der Waals surface area (Å²) in [6.45, 7) is -1.08. The first-order valence-electron chi connectivity index (χ1n) is 2.74. The first kappa shape index (κ1) is 8.39. The molecule has 2 nitrogen and oxygen atoms in total. The smallest absolute Gasteiger partial charge is 0.252 e. The van der Waals surface area contributed by atoms with E-state index in [-0.39, 0.29) is 5.88 Å². The quantitative estimate of drug-likeness (QED) is 0.768. The summed E-state index contributed by atoms with van der Waals surface area (Å²) in [5, 5.41) is 0. The third-order valence-corrected chi connectivity index (χ3v) is 1.40. The van der Waals surface area contributed by atoms with Gasteiger partial charge in [0.15, 0.2) is 5.82 Å². The monoisotopic (exact) mass is 223 g/mol. The van der Waals surface area contributed by atoms with Crippen molar-refractivity contribution in [1.82, 2.24) is 4.98 Å². The number of halogens is 3. The molecule has 0 atom stereocenters. The van der Waals surface area contributed by atoms with Crippen molar-refractivity contribution in [2.24, 2.45) is 0 Å². The Hall–Kier alpha value is -0.710. The molecule has 0 saturated carbocycles. The Morgan fingerprint density at radius 2 is 2.36 bits per heavy atom. The van der Waals surface area contributed by atoms with Crippen LogP contribution in [-0.4, -0.2) is 11.8 Å². The highest BCUT2D eigenvalue weighted by molar-refractivity contribution is 9.10. The van der Waals surface area contributed by atoms with Gasteiger partial charge in [0, 0.05) is 10.7 Å². The Bertz CT molecular complexity index is 256. The van der Waals surface area contributed by atoms with E-state index >= 15 is 0 Å². The van der Waals surface area contributed by atoms with Gasteiger partial charge in [0.05, 0.1) is 0 Å². The van der Waals surface area contributed by atoms with Crippen molar-refractivity contribution < 1.29 is 13.5 Å². The summed E-state index contributed by atoms with van der Waals surface area (Å²) in [6, 6.07) is 1.15. The van der Waals surface area contributed by atoms with Gasteiger partial charge in [-0.15, -0.1) is 0 Å². The fraction of sp³-hybridized carbons (Fsp3) is 0.167. The van der Waals surface area contributed by atoms with Gasteiger partial charge in [0.25, 0.3) is 5.88 Å².